The van der Waals surface area contributed by atoms with Gasteiger partial charge in [0.2, 0.25) is 0 Å². The summed E-state index contributed by atoms with van der Waals surface area (Å²) in [5.41, 5.74) is 4.33. The van der Waals surface area contributed by atoms with E-state index >= 15 is 0 Å². The summed E-state index contributed by atoms with van der Waals surface area (Å²) in [5, 5.41) is 8.76. The fourth-order valence-corrected chi connectivity index (χ4v) is 3.84. The van der Waals surface area contributed by atoms with E-state index in [1.54, 1.807) is 6.33 Å². The van der Waals surface area contributed by atoms with E-state index in [9.17, 15) is 0 Å². The summed E-state index contributed by atoms with van der Waals surface area (Å²) >= 11 is 6.01. The Bertz CT molecular complexity index is 1090. The van der Waals surface area contributed by atoms with Crippen molar-refractivity contribution in [3.8, 4) is 11.1 Å². The number of aromatic nitrogens is 4. The van der Waals surface area contributed by atoms with Crippen molar-refractivity contribution in [2.75, 3.05) is 36.0 Å². The fourth-order valence-electron chi connectivity index (χ4n) is 3.71. The molecule has 7 heteroatoms. The SMILES string of the molecule is Clc1ccc(N2CCN(c3ncnc4ccc(-c5cn[nH]c5)cc34)CC2)cc1. The summed E-state index contributed by atoms with van der Waals surface area (Å²) in [7, 11) is 0. The van der Waals surface area contributed by atoms with E-state index in [4.69, 9.17) is 11.6 Å². The van der Waals surface area contributed by atoms with Gasteiger partial charge in [-0.3, -0.25) is 5.10 Å². The molecule has 6 nitrogen and oxygen atoms in total. The van der Waals surface area contributed by atoms with Crippen LogP contribution >= 0.6 is 11.6 Å². The highest BCUT2D eigenvalue weighted by molar-refractivity contribution is 6.30. The van der Waals surface area contributed by atoms with Crippen LogP contribution in [-0.4, -0.2) is 46.3 Å². The maximum Gasteiger partial charge on any atom is 0.140 e. The average Bonchev–Trinajstić information content (AvgIpc) is 3.29. The summed E-state index contributed by atoms with van der Waals surface area (Å²) < 4.78 is 0. The van der Waals surface area contributed by atoms with Gasteiger partial charge in [0.15, 0.2) is 0 Å². The molecule has 0 bridgehead atoms. The van der Waals surface area contributed by atoms with Gasteiger partial charge in [-0.1, -0.05) is 17.7 Å². The van der Waals surface area contributed by atoms with Crippen LogP contribution in [0.25, 0.3) is 22.0 Å². The lowest BCUT2D eigenvalue weighted by atomic mass is 10.1. The maximum atomic E-state index is 6.01. The second kappa shape index (κ2) is 7.13. The second-order valence-corrected chi connectivity index (χ2v) is 7.30. The van der Waals surface area contributed by atoms with E-state index < -0.39 is 0 Å². The van der Waals surface area contributed by atoms with Crippen LogP contribution in [0.4, 0.5) is 11.5 Å². The Morgan fingerprint density at radius 1 is 0.857 bits per heavy atom. The average molecular weight is 391 g/mol. The number of anilines is 2. The zero-order valence-electron chi connectivity index (χ0n) is 15.2. The number of benzene rings is 2. The Morgan fingerprint density at radius 2 is 1.64 bits per heavy atom. The number of nitrogens with zero attached hydrogens (tertiary/aromatic N) is 5. The molecule has 1 fully saturated rings. The Hall–Kier alpha value is -3.12. The number of H-pyrrole nitrogens is 1. The fraction of sp³-hybridized carbons (Fsp3) is 0.190. The molecule has 0 unspecified atom stereocenters. The number of aromatic amines is 1. The number of rotatable bonds is 3. The van der Waals surface area contributed by atoms with Crippen molar-refractivity contribution >= 4 is 34.0 Å². The summed E-state index contributed by atoms with van der Waals surface area (Å²) in [5.74, 6) is 0.992. The van der Waals surface area contributed by atoms with Crippen LogP contribution < -0.4 is 9.80 Å². The molecule has 2 aromatic heterocycles. The van der Waals surface area contributed by atoms with Crippen LogP contribution in [0.1, 0.15) is 0 Å². The number of piperazine rings is 1. The zero-order chi connectivity index (χ0) is 18.9. The largest absolute Gasteiger partial charge is 0.368 e. The van der Waals surface area contributed by atoms with Gasteiger partial charge in [0, 0.05) is 54.0 Å². The number of hydrogen-bond acceptors (Lipinski definition) is 5. The van der Waals surface area contributed by atoms with Crippen molar-refractivity contribution in [3.63, 3.8) is 0 Å². The van der Waals surface area contributed by atoms with Gasteiger partial charge in [0.1, 0.15) is 12.1 Å². The van der Waals surface area contributed by atoms with Gasteiger partial charge in [0.05, 0.1) is 11.7 Å². The lowest BCUT2D eigenvalue weighted by molar-refractivity contribution is 0.649. The predicted molar refractivity (Wildman–Crippen MR) is 113 cm³/mol. The highest BCUT2D eigenvalue weighted by atomic mass is 35.5. The van der Waals surface area contributed by atoms with Gasteiger partial charge in [-0.15, -0.1) is 0 Å². The summed E-state index contributed by atoms with van der Waals surface area (Å²) in [6, 6.07) is 14.3. The first-order valence-electron chi connectivity index (χ1n) is 9.27. The third-order valence-corrected chi connectivity index (χ3v) is 5.47. The topological polar surface area (TPSA) is 60.9 Å². The summed E-state index contributed by atoms with van der Waals surface area (Å²) in [6.45, 7) is 3.69. The monoisotopic (exact) mass is 390 g/mol. The number of fused-ring (bicyclic) bond motifs is 1. The van der Waals surface area contributed by atoms with E-state index in [1.165, 1.54) is 5.69 Å². The molecule has 1 N–H and O–H groups in total. The van der Waals surface area contributed by atoms with E-state index in [1.807, 2.05) is 30.6 Å². The van der Waals surface area contributed by atoms with Crippen molar-refractivity contribution in [2.24, 2.45) is 0 Å². The number of halogens is 1. The molecule has 0 spiro atoms. The van der Waals surface area contributed by atoms with Crippen LogP contribution in [0, 0.1) is 0 Å². The standard InChI is InChI=1S/C21H19ClN6/c22-17-2-4-18(5-3-17)27-7-9-28(10-8-27)21-19-11-15(16-12-25-26-13-16)1-6-20(19)23-14-24-21/h1-6,11-14H,7-10H2,(H,25,26). The Labute approximate surface area is 167 Å². The molecule has 5 rings (SSSR count). The number of nitrogens with one attached hydrogen (secondary N) is 1. The Morgan fingerprint density at radius 3 is 2.39 bits per heavy atom. The minimum Gasteiger partial charge on any atom is -0.368 e. The highest BCUT2D eigenvalue weighted by Crippen LogP contribution is 2.29. The van der Waals surface area contributed by atoms with Gasteiger partial charge in [-0.25, -0.2) is 9.97 Å². The molecule has 1 saturated heterocycles. The molecule has 0 radical (unpaired) electrons. The van der Waals surface area contributed by atoms with Crippen molar-refractivity contribution in [1.29, 1.82) is 0 Å². The third-order valence-electron chi connectivity index (χ3n) is 5.22. The van der Waals surface area contributed by atoms with Gasteiger partial charge >= 0.3 is 0 Å². The van der Waals surface area contributed by atoms with Crippen LogP contribution in [0.3, 0.4) is 0 Å². The first-order chi connectivity index (χ1) is 13.8. The van der Waals surface area contributed by atoms with Gasteiger partial charge in [0.25, 0.3) is 0 Å². The summed E-state index contributed by atoms with van der Waals surface area (Å²) in [6.07, 6.45) is 5.38. The molecule has 0 aliphatic carbocycles. The first kappa shape index (κ1) is 17.0. The third kappa shape index (κ3) is 3.16. The molecule has 0 atom stereocenters. The smallest absolute Gasteiger partial charge is 0.140 e. The first-order valence-corrected chi connectivity index (χ1v) is 9.65. The van der Waals surface area contributed by atoms with E-state index in [-0.39, 0.29) is 0 Å². The van der Waals surface area contributed by atoms with Gasteiger partial charge in [-0.2, -0.15) is 5.10 Å². The lowest BCUT2D eigenvalue weighted by Crippen LogP contribution is -2.46. The van der Waals surface area contributed by atoms with Crippen LogP contribution in [-0.2, 0) is 0 Å². The molecule has 0 amide bonds. The molecular weight excluding hydrogens is 372 g/mol. The van der Waals surface area contributed by atoms with E-state index in [2.05, 4.69) is 54.2 Å². The zero-order valence-corrected chi connectivity index (χ0v) is 16.0. The normalized spacial score (nSPS) is 14.6. The van der Waals surface area contributed by atoms with Crippen LogP contribution in [0.15, 0.2) is 61.2 Å². The number of hydrogen-bond donors (Lipinski definition) is 1. The van der Waals surface area contributed by atoms with Crippen molar-refractivity contribution in [1.82, 2.24) is 20.2 Å². The predicted octanol–water partition coefficient (Wildman–Crippen LogP) is 4.00. The van der Waals surface area contributed by atoms with Crippen molar-refractivity contribution in [3.05, 3.63) is 66.2 Å². The minimum absolute atomic E-state index is 0.767. The maximum absolute atomic E-state index is 6.01. The van der Waals surface area contributed by atoms with E-state index in [0.717, 1.165) is 59.0 Å². The molecule has 28 heavy (non-hydrogen) atoms. The second-order valence-electron chi connectivity index (χ2n) is 6.87. The molecular formula is C21H19ClN6. The lowest BCUT2D eigenvalue weighted by Gasteiger charge is -2.37. The molecule has 4 aromatic rings. The quantitative estimate of drug-likeness (QED) is 0.573. The van der Waals surface area contributed by atoms with Crippen LogP contribution in [0.2, 0.25) is 5.02 Å². The molecule has 3 heterocycles. The Balaban J connectivity index is 1.42. The minimum atomic E-state index is 0.767. The molecule has 1 aliphatic heterocycles. The van der Waals surface area contributed by atoms with Crippen molar-refractivity contribution < 1.29 is 0 Å². The highest BCUT2D eigenvalue weighted by Gasteiger charge is 2.20. The van der Waals surface area contributed by atoms with Gasteiger partial charge in [-0.05, 0) is 42.0 Å². The molecule has 2 aromatic carbocycles. The van der Waals surface area contributed by atoms with Crippen LogP contribution in [0.5, 0.6) is 0 Å². The Kier molecular flexibility index (Phi) is 4.33. The molecule has 140 valence electrons. The van der Waals surface area contributed by atoms with Gasteiger partial charge < -0.3 is 9.80 Å². The molecule has 1 aliphatic rings. The van der Waals surface area contributed by atoms with Crippen molar-refractivity contribution in [2.45, 2.75) is 0 Å². The summed E-state index contributed by atoms with van der Waals surface area (Å²) in [4.78, 5) is 13.8. The molecule has 0 saturated carbocycles. The van der Waals surface area contributed by atoms with E-state index in [0.29, 0.717) is 0 Å².